The Balaban J connectivity index is 3.38. The van der Waals surface area contributed by atoms with Crippen LogP contribution in [0.5, 0.6) is 0 Å². The first-order chi connectivity index (χ1) is 13.2. The quantitative estimate of drug-likeness (QED) is 0.222. The van der Waals surface area contributed by atoms with Gasteiger partial charge in [-0.2, -0.15) is 0 Å². The molecular formula is C25H43NO. The Labute approximate surface area is 169 Å². The van der Waals surface area contributed by atoms with Gasteiger partial charge in [0.15, 0.2) is 0 Å². The second-order valence-corrected chi connectivity index (χ2v) is 7.64. The first kappa shape index (κ1) is 25.6. The molecule has 0 aromatic heterocycles. The van der Waals surface area contributed by atoms with Gasteiger partial charge in [0.1, 0.15) is 0 Å². The van der Waals surface area contributed by atoms with Crippen LogP contribution in [0, 0.1) is 29.6 Å². The van der Waals surface area contributed by atoms with Crippen LogP contribution in [0.15, 0.2) is 0 Å². The molecule has 2 N–H and O–H groups in total. The SMILES string of the molecule is CCCCCCCCCCC#CC#CCCCCCCCC(CC)C(N)=O. The number of rotatable bonds is 17. The van der Waals surface area contributed by atoms with Crippen LogP contribution >= 0.6 is 0 Å². The second kappa shape index (κ2) is 20.9. The van der Waals surface area contributed by atoms with Gasteiger partial charge in [0.2, 0.25) is 5.91 Å². The van der Waals surface area contributed by atoms with Crippen LogP contribution in [0.4, 0.5) is 0 Å². The lowest BCUT2D eigenvalue weighted by molar-refractivity contribution is -0.122. The minimum atomic E-state index is -0.142. The van der Waals surface area contributed by atoms with E-state index < -0.39 is 0 Å². The fourth-order valence-corrected chi connectivity index (χ4v) is 3.24. The lowest BCUT2D eigenvalue weighted by Crippen LogP contribution is -2.22. The molecule has 0 saturated heterocycles. The van der Waals surface area contributed by atoms with E-state index in [0.29, 0.717) is 0 Å². The maximum atomic E-state index is 11.1. The molecule has 0 radical (unpaired) electrons. The van der Waals surface area contributed by atoms with Crippen molar-refractivity contribution in [3.63, 3.8) is 0 Å². The zero-order valence-corrected chi connectivity index (χ0v) is 18.1. The van der Waals surface area contributed by atoms with Gasteiger partial charge < -0.3 is 5.73 Å². The summed E-state index contributed by atoms with van der Waals surface area (Å²) < 4.78 is 0. The number of amides is 1. The summed E-state index contributed by atoms with van der Waals surface area (Å²) in [6, 6.07) is 0. The Bertz CT molecular complexity index is 460. The van der Waals surface area contributed by atoms with E-state index in [4.69, 9.17) is 5.73 Å². The molecule has 2 heteroatoms. The highest BCUT2D eigenvalue weighted by molar-refractivity contribution is 5.76. The predicted octanol–water partition coefficient (Wildman–Crippen LogP) is 6.77. The third-order valence-corrected chi connectivity index (χ3v) is 5.14. The highest BCUT2D eigenvalue weighted by Crippen LogP contribution is 2.14. The van der Waals surface area contributed by atoms with Crippen molar-refractivity contribution in [2.45, 2.75) is 123 Å². The summed E-state index contributed by atoms with van der Waals surface area (Å²) in [5, 5.41) is 0. The highest BCUT2D eigenvalue weighted by atomic mass is 16.1. The van der Waals surface area contributed by atoms with Crippen molar-refractivity contribution in [1.82, 2.24) is 0 Å². The standard InChI is InChI=1S/C25H43NO/c1-3-5-6-7-8-9-10-11-12-13-14-15-16-17-18-19-20-21-22-23-24(4-2)25(26)27/h24H,3-12,17-23H2,1-2H3,(H2,26,27). The summed E-state index contributed by atoms with van der Waals surface area (Å²) in [6.45, 7) is 4.30. The summed E-state index contributed by atoms with van der Waals surface area (Å²) in [5.41, 5.74) is 5.36. The molecule has 0 aromatic rings. The van der Waals surface area contributed by atoms with E-state index in [1.807, 2.05) is 6.92 Å². The predicted molar refractivity (Wildman–Crippen MR) is 118 cm³/mol. The maximum absolute atomic E-state index is 11.1. The molecule has 0 aromatic carbocycles. The number of hydrogen-bond acceptors (Lipinski definition) is 1. The van der Waals surface area contributed by atoms with Crippen molar-refractivity contribution in [2.24, 2.45) is 11.7 Å². The lowest BCUT2D eigenvalue weighted by Gasteiger charge is -2.09. The van der Waals surface area contributed by atoms with Crippen LogP contribution in [0.3, 0.4) is 0 Å². The molecule has 0 bridgehead atoms. The first-order valence-electron chi connectivity index (χ1n) is 11.5. The van der Waals surface area contributed by atoms with Gasteiger partial charge >= 0.3 is 0 Å². The van der Waals surface area contributed by atoms with Crippen LogP contribution in [0.1, 0.15) is 123 Å². The fourth-order valence-electron chi connectivity index (χ4n) is 3.24. The summed E-state index contributed by atoms with van der Waals surface area (Å²) in [6.07, 6.45) is 20.4. The van der Waals surface area contributed by atoms with Crippen molar-refractivity contribution >= 4 is 5.91 Å². The molecule has 1 amide bonds. The van der Waals surface area contributed by atoms with E-state index in [2.05, 4.69) is 30.6 Å². The van der Waals surface area contributed by atoms with Crippen molar-refractivity contribution < 1.29 is 4.79 Å². The van der Waals surface area contributed by atoms with Crippen molar-refractivity contribution in [2.75, 3.05) is 0 Å². The van der Waals surface area contributed by atoms with Crippen LogP contribution in [0.25, 0.3) is 0 Å². The molecule has 1 unspecified atom stereocenters. The average molecular weight is 374 g/mol. The van der Waals surface area contributed by atoms with Crippen LogP contribution < -0.4 is 5.73 Å². The van der Waals surface area contributed by atoms with Crippen LogP contribution in [0.2, 0.25) is 0 Å². The topological polar surface area (TPSA) is 43.1 Å². The van der Waals surface area contributed by atoms with Gasteiger partial charge in [-0.3, -0.25) is 4.79 Å². The van der Waals surface area contributed by atoms with Crippen LogP contribution in [-0.4, -0.2) is 5.91 Å². The number of hydrogen-bond donors (Lipinski definition) is 1. The Morgan fingerprint density at radius 3 is 1.59 bits per heavy atom. The van der Waals surface area contributed by atoms with Gasteiger partial charge in [-0.1, -0.05) is 96.3 Å². The zero-order chi connectivity index (χ0) is 20.0. The van der Waals surface area contributed by atoms with Crippen molar-refractivity contribution in [1.29, 1.82) is 0 Å². The lowest BCUT2D eigenvalue weighted by atomic mass is 9.97. The smallest absolute Gasteiger partial charge is 0.220 e. The third-order valence-electron chi connectivity index (χ3n) is 5.14. The molecule has 154 valence electrons. The Morgan fingerprint density at radius 1 is 0.704 bits per heavy atom. The van der Waals surface area contributed by atoms with E-state index in [1.165, 1.54) is 70.6 Å². The summed E-state index contributed by atoms with van der Waals surface area (Å²) >= 11 is 0. The van der Waals surface area contributed by atoms with Gasteiger partial charge in [-0.15, -0.1) is 0 Å². The minimum Gasteiger partial charge on any atom is -0.369 e. The van der Waals surface area contributed by atoms with E-state index in [9.17, 15) is 4.79 Å². The van der Waals surface area contributed by atoms with E-state index >= 15 is 0 Å². The monoisotopic (exact) mass is 373 g/mol. The summed E-state index contributed by atoms with van der Waals surface area (Å²) in [4.78, 5) is 11.1. The molecule has 2 nitrogen and oxygen atoms in total. The number of nitrogens with two attached hydrogens (primary N) is 1. The van der Waals surface area contributed by atoms with E-state index in [1.54, 1.807) is 0 Å². The normalized spacial score (nSPS) is 11.2. The summed E-state index contributed by atoms with van der Waals surface area (Å²) in [7, 11) is 0. The molecule has 0 saturated carbocycles. The molecule has 0 aliphatic carbocycles. The Hall–Kier alpha value is -1.41. The molecule has 0 spiro atoms. The molecule has 0 aliphatic heterocycles. The zero-order valence-electron chi connectivity index (χ0n) is 18.1. The second-order valence-electron chi connectivity index (χ2n) is 7.64. The Kier molecular flexibility index (Phi) is 19.8. The van der Waals surface area contributed by atoms with E-state index in [0.717, 1.165) is 38.5 Å². The maximum Gasteiger partial charge on any atom is 0.220 e. The number of carbonyl (C=O) groups is 1. The number of primary amides is 1. The molecule has 0 fully saturated rings. The summed E-state index contributed by atoms with van der Waals surface area (Å²) in [5.74, 6) is 12.2. The van der Waals surface area contributed by atoms with Gasteiger partial charge in [0.05, 0.1) is 0 Å². The van der Waals surface area contributed by atoms with Gasteiger partial charge in [-0.05, 0) is 37.5 Å². The van der Waals surface area contributed by atoms with Crippen molar-refractivity contribution in [3.05, 3.63) is 0 Å². The Morgan fingerprint density at radius 2 is 1.15 bits per heavy atom. The molecule has 27 heavy (non-hydrogen) atoms. The molecule has 0 rings (SSSR count). The first-order valence-corrected chi connectivity index (χ1v) is 11.5. The largest absolute Gasteiger partial charge is 0.369 e. The van der Waals surface area contributed by atoms with Crippen molar-refractivity contribution in [3.8, 4) is 23.7 Å². The number of unbranched alkanes of at least 4 members (excludes halogenated alkanes) is 13. The van der Waals surface area contributed by atoms with Gasteiger partial charge in [0, 0.05) is 18.8 Å². The van der Waals surface area contributed by atoms with Crippen LogP contribution in [-0.2, 0) is 4.79 Å². The average Bonchev–Trinajstić information content (AvgIpc) is 2.66. The molecule has 0 heterocycles. The third kappa shape index (κ3) is 19.2. The highest BCUT2D eigenvalue weighted by Gasteiger charge is 2.11. The van der Waals surface area contributed by atoms with Gasteiger partial charge in [-0.25, -0.2) is 0 Å². The molecule has 1 atom stereocenters. The minimum absolute atomic E-state index is 0.0697. The number of carbonyl (C=O) groups excluding carboxylic acids is 1. The molecule has 0 aliphatic rings. The fraction of sp³-hybridized carbons (Fsp3) is 0.800. The van der Waals surface area contributed by atoms with Gasteiger partial charge in [0.25, 0.3) is 0 Å². The van der Waals surface area contributed by atoms with E-state index in [-0.39, 0.29) is 11.8 Å². The molecular weight excluding hydrogens is 330 g/mol.